The molecule has 4 aromatic rings. The van der Waals surface area contributed by atoms with E-state index in [9.17, 15) is 14.0 Å². The van der Waals surface area contributed by atoms with Gasteiger partial charge < -0.3 is 15.6 Å². The molecule has 7 nitrogen and oxygen atoms in total. The number of aromatic amines is 1. The van der Waals surface area contributed by atoms with Crippen LogP contribution in [0.1, 0.15) is 61.1 Å². The molecule has 2 bridgehead atoms. The van der Waals surface area contributed by atoms with Crippen LogP contribution < -0.4 is 10.6 Å². The lowest BCUT2D eigenvalue weighted by Crippen LogP contribution is -2.15. The highest BCUT2D eigenvalue weighted by Crippen LogP contribution is 2.49. The molecule has 1 saturated carbocycles. The van der Waals surface area contributed by atoms with Gasteiger partial charge in [0.15, 0.2) is 0 Å². The smallest absolute Gasteiger partial charge is 0.224 e. The molecule has 1 fully saturated rings. The van der Waals surface area contributed by atoms with E-state index in [4.69, 9.17) is 21.6 Å². The van der Waals surface area contributed by atoms with Gasteiger partial charge in [-0.3, -0.25) is 14.6 Å². The third-order valence-electron chi connectivity index (χ3n) is 8.05. The van der Waals surface area contributed by atoms with Crippen LogP contribution >= 0.6 is 11.6 Å². The predicted molar refractivity (Wildman–Crippen MR) is 154 cm³/mol. The maximum atomic E-state index is 15.0. The molecule has 2 amide bonds. The van der Waals surface area contributed by atoms with E-state index in [-0.39, 0.29) is 33.9 Å². The molecule has 3 heterocycles. The summed E-state index contributed by atoms with van der Waals surface area (Å²) in [5.41, 5.74) is 4.87. The highest BCUT2D eigenvalue weighted by molar-refractivity contribution is 6.31. The van der Waals surface area contributed by atoms with E-state index in [2.05, 4.69) is 15.6 Å². The standard InChI is InChI=1S/C31H28ClF2N5O2/c1-15(33)21-6-7-24(32)29(34)28(21)17-3-8-25(35-13-17)23-10-18-9-19(18)11-27(41)38-26-12-20(36-14-40)4-5-22(26)30-16(2)37-31(23)39-30/h3-8,12-15,18-19,23H,9-11H2,1-2H3,(H,36,40)(H,37,39)(H,38,41). The second-order valence-electron chi connectivity index (χ2n) is 10.8. The molecule has 4 atom stereocenters. The van der Waals surface area contributed by atoms with E-state index >= 15 is 4.39 Å². The molecule has 4 unspecified atom stereocenters. The Hall–Kier alpha value is -4.11. The summed E-state index contributed by atoms with van der Waals surface area (Å²) in [6, 6.07) is 11.7. The lowest BCUT2D eigenvalue weighted by Gasteiger charge is -2.17. The number of aryl methyl sites for hydroxylation is 1. The Bertz CT molecular complexity index is 1650. The molecular weight excluding hydrogens is 548 g/mol. The Morgan fingerprint density at radius 2 is 1.98 bits per heavy atom. The second kappa shape index (κ2) is 10.7. The highest BCUT2D eigenvalue weighted by atomic mass is 35.5. The zero-order chi connectivity index (χ0) is 28.8. The molecular formula is C31H28ClF2N5O2. The first-order chi connectivity index (χ1) is 19.7. The SMILES string of the molecule is Cc1[nH]c2nc1-c1ccc(NC=O)cc1NC(=O)CC1CC1CC2c1ccc(-c2c(C(C)F)ccc(Cl)c2F)cn1. The molecule has 41 heavy (non-hydrogen) atoms. The fourth-order valence-corrected chi connectivity index (χ4v) is 5.99. The van der Waals surface area contributed by atoms with Crippen molar-refractivity contribution in [3.05, 3.63) is 82.3 Å². The number of nitrogens with one attached hydrogen (secondary N) is 3. The molecule has 2 aromatic carbocycles. The Morgan fingerprint density at radius 3 is 2.71 bits per heavy atom. The summed E-state index contributed by atoms with van der Waals surface area (Å²) in [5, 5.41) is 5.57. The zero-order valence-corrected chi connectivity index (χ0v) is 23.2. The predicted octanol–water partition coefficient (Wildman–Crippen LogP) is 7.34. The molecule has 1 aliphatic heterocycles. The van der Waals surface area contributed by atoms with Gasteiger partial charge in [-0.1, -0.05) is 23.7 Å². The number of carbonyl (C=O) groups is 2. The number of halogens is 3. The van der Waals surface area contributed by atoms with Crippen LogP contribution in [0.5, 0.6) is 0 Å². The molecule has 2 aliphatic rings. The fraction of sp³-hybridized carbons (Fsp3) is 0.290. The van der Waals surface area contributed by atoms with Gasteiger partial charge in [-0.25, -0.2) is 13.8 Å². The van der Waals surface area contributed by atoms with Gasteiger partial charge in [0, 0.05) is 40.7 Å². The van der Waals surface area contributed by atoms with Crippen LogP contribution in [0, 0.1) is 24.6 Å². The average Bonchev–Trinajstić information content (AvgIpc) is 3.55. The van der Waals surface area contributed by atoms with Crippen molar-refractivity contribution in [2.24, 2.45) is 11.8 Å². The van der Waals surface area contributed by atoms with Crippen molar-refractivity contribution in [1.82, 2.24) is 15.0 Å². The van der Waals surface area contributed by atoms with Gasteiger partial charge in [0.25, 0.3) is 0 Å². The number of anilines is 2. The van der Waals surface area contributed by atoms with Crippen molar-refractivity contribution in [3.63, 3.8) is 0 Å². The van der Waals surface area contributed by atoms with Crippen molar-refractivity contribution in [3.8, 4) is 22.4 Å². The van der Waals surface area contributed by atoms with Gasteiger partial charge in [0.2, 0.25) is 12.3 Å². The van der Waals surface area contributed by atoms with E-state index in [1.54, 1.807) is 24.4 Å². The molecule has 0 radical (unpaired) electrons. The highest BCUT2D eigenvalue weighted by Gasteiger charge is 2.41. The van der Waals surface area contributed by atoms with Crippen LogP contribution in [0.4, 0.5) is 20.2 Å². The summed E-state index contributed by atoms with van der Waals surface area (Å²) in [5.74, 6) is 0.329. The molecule has 3 N–H and O–H groups in total. The first-order valence-corrected chi connectivity index (χ1v) is 13.9. The first-order valence-electron chi connectivity index (χ1n) is 13.5. The minimum atomic E-state index is -1.38. The van der Waals surface area contributed by atoms with Crippen LogP contribution in [0.3, 0.4) is 0 Å². The van der Waals surface area contributed by atoms with E-state index in [1.807, 2.05) is 19.1 Å². The van der Waals surface area contributed by atoms with Crippen LogP contribution in [-0.2, 0) is 9.59 Å². The molecule has 10 heteroatoms. The number of H-pyrrole nitrogens is 1. The van der Waals surface area contributed by atoms with Gasteiger partial charge >= 0.3 is 0 Å². The first kappa shape index (κ1) is 27.1. The summed E-state index contributed by atoms with van der Waals surface area (Å²) in [6.45, 7) is 3.28. The van der Waals surface area contributed by atoms with E-state index in [0.29, 0.717) is 41.4 Å². The summed E-state index contributed by atoms with van der Waals surface area (Å²) < 4.78 is 29.4. The third kappa shape index (κ3) is 5.22. The van der Waals surface area contributed by atoms with E-state index in [1.165, 1.54) is 19.1 Å². The molecule has 6 rings (SSSR count). The number of carbonyl (C=O) groups excluding carboxylic acids is 2. The molecule has 0 spiro atoms. The minimum absolute atomic E-state index is 0.0791. The van der Waals surface area contributed by atoms with Gasteiger partial charge in [-0.05, 0) is 74.4 Å². The van der Waals surface area contributed by atoms with Crippen molar-refractivity contribution < 1.29 is 18.4 Å². The maximum Gasteiger partial charge on any atom is 0.224 e. The molecule has 1 aliphatic carbocycles. The number of pyridine rings is 1. The number of nitrogens with zero attached hydrogens (tertiary/aromatic N) is 2. The summed E-state index contributed by atoms with van der Waals surface area (Å²) in [7, 11) is 0. The van der Waals surface area contributed by atoms with Crippen LogP contribution in [0.15, 0.2) is 48.7 Å². The lowest BCUT2D eigenvalue weighted by molar-refractivity contribution is -0.116. The van der Waals surface area contributed by atoms with Crippen LogP contribution in [0.25, 0.3) is 22.4 Å². The minimum Gasteiger partial charge on any atom is -0.345 e. The van der Waals surface area contributed by atoms with Crippen molar-refractivity contribution >= 4 is 35.3 Å². The number of imidazole rings is 1. The topological polar surface area (TPSA) is 99.8 Å². The number of amides is 2. The lowest BCUT2D eigenvalue weighted by atomic mass is 9.93. The monoisotopic (exact) mass is 575 g/mol. The third-order valence-corrected chi connectivity index (χ3v) is 8.34. The number of aromatic nitrogens is 3. The molecule has 0 saturated heterocycles. The van der Waals surface area contributed by atoms with Crippen molar-refractivity contribution in [1.29, 1.82) is 0 Å². The molecule has 210 valence electrons. The average molecular weight is 576 g/mol. The summed E-state index contributed by atoms with van der Waals surface area (Å²) in [4.78, 5) is 37.1. The van der Waals surface area contributed by atoms with Gasteiger partial charge in [0.1, 0.15) is 17.8 Å². The number of hydrogen-bond donors (Lipinski definition) is 3. The number of rotatable bonds is 5. The fourth-order valence-electron chi connectivity index (χ4n) is 5.84. The quantitative estimate of drug-likeness (QED) is 0.217. The van der Waals surface area contributed by atoms with Crippen molar-refractivity contribution in [2.45, 2.75) is 45.2 Å². The normalized spacial score (nSPS) is 20.5. The number of benzene rings is 2. The van der Waals surface area contributed by atoms with E-state index in [0.717, 1.165) is 35.6 Å². The zero-order valence-electron chi connectivity index (χ0n) is 22.5. The Labute approximate surface area is 240 Å². The summed E-state index contributed by atoms with van der Waals surface area (Å²) >= 11 is 6.03. The van der Waals surface area contributed by atoms with Crippen LogP contribution in [-0.4, -0.2) is 27.3 Å². The van der Waals surface area contributed by atoms with Crippen LogP contribution in [0.2, 0.25) is 5.02 Å². The van der Waals surface area contributed by atoms with Gasteiger partial charge in [-0.15, -0.1) is 0 Å². The Balaban J connectivity index is 1.42. The summed E-state index contributed by atoms with van der Waals surface area (Å²) in [6.07, 6.45) is 2.81. The maximum absolute atomic E-state index is 15.0. The second-order valence-corrected chi connectivity index (χ2v) is 11.2. The van der Waals surface area contributed by atoms with E-state index < -0.39 is 12.0 Å². The van der Waals surface area contributed by atoms with Gasteiger partial charge in [0.05, 0.1) is 28.0 Å². The number of fused-ring (bicyclic) bond motifs is 5. The number of hydrogen-bond acceptors (Lipinski definition) is 4. The van der Waals surface area contributed by atoms with Gasteiger partial charge in [-0.2, -0.15) is 0 Å². The van der Waals surface area contributed by atoms with Crippen molar-refractivity contribution in [2.75, 3.05) is 10.6 Å². The Morgan fingerprint density at radius 1 is 1.15 bits per heavy atom. The Kier molecular flexibility index (Phi) is 7.07. The number of alkyl halides is 1. The molecule has 2 aromatic heterocycles. The largest absolute Gasteiger partial charge is 0.345 e.